The van der Waals surface area contributed by atoms with E-state index in [9.17, 15) is 0 Å². The number of aromatic nitrogens is 3. The van der Waals surface area contributed by atoms with Gasteiger partial charge < -0.3 is 0 Å². The highest BCUT2D eigenvalue weighted by atomic mass is 15.0. The molecule has 0 spiro atoms. The molecule has 7 rings (SSSR count). The zero-order valence-electron chi connectivity index (χ0n) is 20.1. The Labute approximate surface area is 215 Å². The average Bonchev–Trinajstić information content (AvgIpc) is 3.32. The molecular weight excluding hydrogens is 450 g/mol. The molecule has 3 aromatic heterocycles. The van der Waals surface area contributed by atoms with Crippen molar-refractivity contribution < 1.29 is 0 Å². The number of fused-ring (bicyclic) bond motifs is 3. The van der Waals surface area contributed by atoms with Gasteiger partial charge in [-0.25, -0.2) is 9.97 Å². The van der Waals surface area contributed by atoms with Crippen LogP contribution in [0.1, 0.15) is 0 Å². The summed E-state index contributed by atoms with van der Waals surface area (Å²) in [6.07, 6.45) is 1.86. The quantitative estimate of drug-likeness (QED) is 0.256. The van der Waals surface area contributed by atoms with Crippen LogP contribution >= 0.6 is 0 Å². The molecular formula is C34H23N3. The third-order valence-electron chi connectivity index (χ3n) is 6.86. The van der Waals surface area contributed by atoms with Gasteiger partial charge in [0.25, 0.3) is 0 Å². The maximum atomic E-state index is 5.01. The summed E-state index contributed by atoms with van der Waals surface area (Å²) < 4.78 is 2.24. The number of pyridine rings is 2. The van der Waals surface area contributed by atoms with Crippen molar-refractivity contribution in [3.63, 3.8) is 0 Å². The van der Waals surface area contributed by atoms with Crippen LogP contribution in [0.4, 0.5) is 0 Å². The normalized spacial score (nSPS) is 11.2. The fourth-order valence-electron chi connectivity index (χ4n) is 5.07. The number of rotatable bonds is 4. The minimum Gasteiger partial charge on any atom is -0.294 e. The molecule has 7 aromatic rings. The Bertz CT molecular complexity index is 1740. The third-order valence-corrected chi connectivity index (χ3v) is 6.86. The van der Waals surface area contributed by atoms with E-state index >= 15 is 0 Å². The lowest BCUT2D eigenvalue weighted by Gasteiger charge is -2.12. The minimum absolute atomic E-state index is 0.965. The zero-order valence-corrected chi connectivity index (χ0v) is 20.1. The molecule has 0 saturated carbocycles. The zero-order chi connectivity index (χ0) is 24.6. The second kappa shape index (κ2) is 8.89. The summed E-state index contributed by atoms with van der Waals surface area (Å²) in [6, 6.07) is 46.5. The van der Waals surface area contributed by atoms with Gasteiger partial charge in [-0.2, -0.15) is 0 Å². The summed E-state index contributed by atoms with van der Waals surface area (Å²) in [5.74, 6) is 0. The SMILES string of the molecule is c1ccc(-c2cc(-c3ccc(-n4c5ccccc5c5cccnc54)cc3)cc(-c3ccccc3)n2)cc1. The smallest absolute Gasteiger partial charge is 0.145 e. The highest BCUT2D eigenvalue weighted by Crippen LogP contribution is 2.33. The van der Waals surface area contributed by atoms with Gasteiger partial charge in [0, 0.05) is 33.8 Å². The van der Waals surface area contributed by atoms with E-state index in [1.54, 1.807) is 0 Å². The molecule has 0 N–H and O–H groups in total. The van der Waals surface area contributed by atoms with Crippen LogP contribution in [0.3, 0.4) is 0 Å². The third kappa shape index (κ3) is 3.78. The fraction of sp³-hybridized carbons (Fsp3) is 0. The van der Waals surface area contributed by atoms with Crippen LogP contribution in [0.5, 0.6) is 0 Å². The van der Waals surface area contributed by atoms with Crippen LogP contribution in [-0.2, 0) is 0 Å². The number of benzene rings is 4. The van der Waals surface area contributed by atoms with Crippen molar-refractivity contribution in [1.29, 1.82) is 0 Å². The number of hydrogen-bond donors (Lipinski definition) is 0. The lowest BCUT2D eigenvalue weighted by atomic mass is 10.00. The summed E-state index contributed by atoms with van der Waals surface area (Å²) in [4.78, 5) is 9.73. The van der Waals surface area contributed by atoms with E-state index in [0.717, 1.165) is 55.9 Å². The lowest BCUT2D eigenvalue weighted by molar-refractivity contribution is 1.14. The van der Waals surface area contributed by atoms with Gasteiger partial charge in [0.1, 0.15) is 5.65 Å². The van der Waals surface area contributed by atoms with Crippen LogP contribution in [0, 0.1) is 0 Å². The molecule has 0 radical (unpaired) electrons. The Morgan fingerprint density at radius 1 is 0.459 bits per heavy atom. The molecule has 0 aliphatic rings. The highest BCUT2D eigenvalue weighted by Gasteiger charge is 2.13. The summed E-state index contributed by atoms with van der Waals surface area (Å²) in [6.45, 7) is 0. The Morgan fingerprint density at radius 2 is 1.05 bits per heavy atom. The molecule has 37 heavy (non-hydrogen) atoms. The average molecular weight is 474 g/mol. The standard InChI is InChI=1S/C34H23N3/c1-3-10-25(11-4-1)31-22-27(23-32(36-31)26-12-5-2-6-13-26)24-17-19-28(20-18-24)37-33-16-8-7-14-29(33)30-15-9-21-35-34(30)37/h1-23H. The van der Waals surface area contributed by atoms with Crippen molar-refractivity contribution in [2.75, 3.05) is 0 Å². The monoisotopic (exact) mass is 473 g/mol. The summed E-state index contributed by atoms with van der Waals surface area (Å²) >= 11 is 0. The second-order valence-electron chi connectivity index (χ2n) is 9.13. The van der Waals surface area contributed by atoms with Crippen LogP contribution in [0.2, 0.25) is 0 Å². The maximum Gasteiger partial charge on any atom is 0.145 e. The largest absolute Gasteiger partial charge is 0.294 e. The molecule has 0 atom stereocenters. The molecule has 3 heterocycles. The topological polar surface area (TPSA) is 30.7 Å². The second-order valence-corrected chi connectivity index (χ2v) is 9.13. The van der Waals surface area contributed by atoms with Gasteiger partial charge in [-0.05, 0) is 53.6 Å². The first-order valence-corrected chi connectivity index (χ1v) is 12.4. The van der Waals surface area contributed by atoms with Crippen LogP contribution in [-0.4, -0.2) is 14.5 Å². The Hall–Kier alpha value is -5.02. The minimum atomic E-state index is 0.965. The molecule has 174 valence electrons. The van der Waals surface area contributed by atoms with E-state index in [4.69, 9.17) is 9.97 Å². The molecule has 0 fully saturated rings. The van der Waals surface area contributed by atoms with Crippen molar-refractivity contribution in [1.82, 2.24) is 14.5 Å². The van der Waals surface area contributed by atoms with Crippen molar-refractivity contribution >= 4 is 21.9 Å². The Balaban J connectivity index is 1.37. The first-order valence-electron chi connectivity index (χ1n) is 12.4. The molecule has 4 aromatic carbocycles. The summed E-state index contributed by atoms with van der Waals surface area (Å²) in [5.41, 5.74) is 9.65. The molecule has 0 amide bonds. The molecule has 0 saturated heterocycles. The van der Waals surface area contributed by atoms with Crippen LogP contribution in [0.25, 0.3) is 61.3 Å². The van der Waals surface area contributed by atoms with Crippen molar-refractivity contribution in [3.8, 4) is 39.3 Å². The summed E-state index contributed by atoms with van der Waals surface area (Å²) in [5, 5.41) is 2.38. The van der Waals surface area contributed by atoms with Gasteiger partial charge in [-0.15, -0.1) is 0 Å². The van der Waals surface area contributed by atoms with E-state index in [-0.39, 0.29) is 0 Å². The first-order chi connectivity index (χ1) is 18.3. The molecule has 3 nitrogen and oxygen atoms in total. The van der Waals surface area contributed by atoms with Crippen molar-refractivity contribution in [3.05, 3.63) is 140 Å². The van der Waals surface area contributed by atoms with Gasteiger partial charge in [0.15, 0.2) is 0 Å². The molecule has 0 unspecified atom stereocenters. The Kier molecular flexibility index (Phi) is 5.11. The molecule has 0 aliphatic carbocycles. The summed E-state index contributed by atoms with van der Waals surface area (Å²) in [7, 11) is 0. The van der Waals surface area contributed by atoms with E-state index in [2.05, 4.69) is 120 Å². The van der Waals surface area contributed by atoms with Crippen LogP contribution < -0.4 is 0 Å². The Morgan fingerprint density at radius 3 is 1.73 bits per heavy atom. The molecule has 0 bridgehead atoms. The van der Waals surface area contributed by atoms with Gasteiger partial charge in [-0.1, -0.05) is 91.0 Å². The van der Waals surface area contributed by atoms with Gasteiger partial charge in [0.05, 0.1) is 16.9 Å². The fourth-order valence-corrected chi connectivity index (χ4v) is 5.07. The predicted molar refractivity (Wildman–Crippen MR) is 153 cm³/mol. The highest BCUT2D eigenvalue weighted by molar-refractivity contribution is 6.07. The van der Waals surface area contributed by atoms with Gasteiger partial charge in [0.2, 0.25) is 0 Å². The van der Waals surface area contributed by atoms with E-state index < -0.39 is 0 Å². The van der Waals surface area contributed by atoms with E-state index in [1.807, 2.05) is 24.4 Å². The number of nitrogens with zero attached hydrogens (tertiary/aromatic N) is 3. The maximum absolute atomic E-state index is 5.01. The predicted octanol–water partition coefficient (Wildman–Crippen LogP) is 8.57. The van der Waals surface area contributed by atoms with E-state index in [1.165, 1.54) is 5.39 Å². The lowest BCUT2D eigenvalue weighted by Crippen LogP contribution is -1.95. The number of hydrogen-bond acceptors (Lipinski definition) is 2. The van der Waals surface area contributed by atoms with Gasteiger partial charge >= 0.3 is 0 Å². The van der Waals surface area contributed by atoms with Crippen molar-refractivity contribution in [2.24, 2.45) is 0 Å². The van der Waals surface area contributed by atoms with E-state index in [0.29, 0.717) is 0 Å². The first kappa shape index (κ1) is 21.3. The molecule has 3 heteroatoms. The van der Waals surface area contributed by atoms with Crippen molar-refractivity contribution in [2.45, 2.75) is 0 Å². The molecule has 0 aliphatic heterocycles. The van der Waals surface area contributed by atoms with Gasteiger partial charge in [-0.3, -0.25) is 4.57 Å². The number of para-hydroxylation sites is 1. The van der Waals surface area contributed by atoms with Crippen LogP contribution in [0.15, 0.2) is 140 Å².